The molecule has 1 N–H and O–H groups in total. The molecular formula is C14H15N3O. The van der Waals surface area contributed by atoms with Crippen molar-refractivity contribution in [3.8, 4) is 0 Å². The Morgan fingerprint density at radius 1 is 1.33 bits per heavy atom. The molecule has 92 valence electrons. The van der Waals surface area contributed by atoms with E-state index in [4.69, 9.17) is 0 Å². The lowest BCUT2D eigenvalue weighted by Crippen LogP contribution is -2.54. The van der Waals surface area contributed by atoms with Gasteiger partial charge in [-0.2, -0.15) is 0 Å². The molecule has 1 aliphatic heterocycles. The number of carbonyl (C=O) groups is 1. The summed E-state index contributed by atoms with van der Waals surface area (Å²) in [5.41, 5.74) is 1.45. The molecule has 0 saturated carbocycles. The number of hydrogen-bond donors (Lipinski definition) is 1. The zero-order valence-corrected chi connectivity index (χ0v) is 10.4. The van der Waals surface area contributed by atoms with Crippen LogP contribution in [0.5, 0.6) is 0 Å². The first kappa shape index (κ1) is 11.0. The molecule has 0 radical (unpaired) electrons. The Morgan fingerprint density at radius 2 is 2.11 bits per heavy atom. The van der Waals surface area contributed by atoms with E-state index in [2.05, 4.69) is 10.3 Å². The number of hydrogen-bond acceptors (Lipinski definition) is 2. The monoisotopic (exact) mass is 241 g/mol. The van der Waals surface area contributed by atoms with E-state index in [1.807, 2.05) is 48.9 Å². The molecule has 0 spiro atoms. The highest BCUT2D eigenvalue weighted by Crippen LogP contribution is 2.35. The van der Waals surface area contributed by atoms with Crippen molar-refractivity contribution in [1.82, 2.24) is 14.9 Å². The Bertz CT molecular complexity index is 587. The molecule has 3 rings (SSSR count). The molecule has 1 unspecified atom stereocenters. The van der Waals surface area contributed by atoms with Gasteiger partial charge in [-0.05, 0) is 25.5 Å². The van der Waals surface area contributed by atoms with Crippen molar-refractivity contribution in [1.29, 1.82) is 0 Å². The second-order valence-electron chi connectivity index (χ2n) is 5.18. The third-order valence-electron chi connectivity index (χ3n) is 3.44. The maximum absolute atomic E-state index is 12.1. The van der Waals surface area contributed by atoms with Crippen molar-refractivity contribution in [3.63, 3.8) is 0 Å². The third-order valence-corrected chi connectivity index (χ3v) is 3.44. The molecule has 4 heteroatoms. The number of rotatable bonds is 1. The Labute approximate surface area is 106 Å². The van der Waals surface area contributed by atoms with Crippen LogP contribution < -0.4 is 5.32 Å². The van der Waals surface area contributed by atoms with Gasteiger partial charge in [-0.15, -0.1) is 0 Å². The Balaban J connectivity index is 2.22. The second kappa shape index (κ2) is 3.70. The van der Waals surface area contributed by atoms with E-state index in [9.17, 15) is 4.79 Å². The van der Waals surface area contributed by atoms with Crippen molar-refractivity contribution in [2.45, 2.75) is 25.4 Å². The van der Waals surface area contributed by atoms with Crippen LogP contribution >= 0.6 is 0 Å². The standard InChI is InChI=1S/C14H15N3O/c1-14(2)12(17-8-7-15-9-17)10-5-3-4-6-11(10)13(18)16-14/h3-9,12H,1-2H3,(H,16,18). The van der Waals surface area contributed by atoms with Crippen LogP contribution in [0.25, 0.3) is 0 Å². The Kier molecular flexibility index (Phi) is 2.26. The molecule has 0 saturated heterocycles. The summed E-state index contributed by atoms with van der Waals surface area (Å²) in [6.07, 6.45) is 5.48. The number of nitrogens with one attached hydrogen (secondary N) is 1. The normalized spacial score (nSPS) is 21.2. The highest BCUT2D eigenvalue weighted by atomic mass is 16.1. The van der Waals surface area contributed by atoms with E-state index in [1.165, 1.54) is 0 Å². The van der Waals surface area contributed by atoms with Crippen LogP contribution in [0.1, 0.15) is 35.8 Å². The summed E-state index contributed by atoms with van der Waals surface area (Å²) in [6, 6.07) is 7.80. The average Bonchev–Trinajstić information content (AvgIpc) is 2.81. The van der Waals surface area contributed by atoms with Crippen LogP contribution in [-0.4, -0.2) is 21.0 Å². The zero-order chi connectivity index (χ0) is 12.8. The van der Waals surface area contributed by atoms with Gasteiger partial charge in [0.2, 0.25) is 0 Å². The number of carbonyl (C=O) groups excluding carboxylic acids is 1. The predicted octanol–water partition coefficient (Wildman–Crippen LogP) is 1.99. The van der Waals surface area contributed by atoms with Gasteiger partial charge in [-0.3, -0.25) is 4.79 Å². The molecule has 1 aliphatic rings. The maximum atomic E-state index is 12.1. The molecule has 1 amide bonds. The van der Waals surface area contributed by atoms with Gasteiger partial charge in [0.25, 0.3) is 5.91 Å². The first-order valence-electron chi connectivity index (χ1n) is 5.98. The SMILES string of the molecule is CC1(C)NC(=O)c2ccccc2C1n1ccnc1. The maximum Gasteiger partial charge on any atom is 0.252 e. The number of benzene rings is 1. The number of amides is 1. The summed E-state index contributed by atoms with van der Waals surface area (Å²) in [5, 5.41) is 3.06. The Hall–Kier alpha value is -2.10. The second-order valence-corrected chi connectivity index (χ2v) is 5.18. The average molecular weight is 241 g/mol. The van der Waals surface area contributed by atoms with Gasteiger partial charge in [0.15, 0.2) is 0 Å². The fourth-order valence-corrected chi connectivity index (χ4v) is 2.71. The van der Waals surface area contributed by atoms with Crippen molar-refractivity contribution in [3.05, 3.63) is 54.1 Å². The molecule has 0 bridgehead atoms. The van der Waals surface area contributed by atoms with Gasteiger partial charge in [0.1, 0.15) is 0 Å². The van der Waals surface area contributed by atoms with E-state index in [1.54, 1.807) is 12.5 Å². The fourth-order valence-electron chi connectivity index (χ4n) is 2.71. The minimum Gasteiger partial charge on any atom is -0.345 e. The zero-order valence-electron chi connectivity index (χ0n) is 10.4. The van der Waals surface area contributed by atoms with Crippen molar-refractivity contribution in [2.75, 3.05) is 0 Å². The molecule has 18 heavy (non-hydrogen) atoms. The highest BCUT2D eigenvalue weighted by Gasteiger charge is 2.40. The van der Waals surface area contributed by atoms with E-state index in [-0.39, 0.29) is 17.5 Å². The van der Waals surface area contributed by atoms with Crippen LogP contribution in [0.15, 0.2) is 43.0 Å². The first-order valence-corrected chi connectivity index (χ1v) is 5.98. The summed E-state index contributed by atoms with van der Waals surface area (Å²) < 4.78 is 2.04. The van der Waals surface area contributed by atoms with Gasteiger partial charge >= 0.3 is 0 Å². The number of fused-ring (bicyclic) bond motifs is 1. The van der Waals surface area contributed by atoms with Crippen LogP contribution in [0.2, 0.25) is 0 Å². The van der Waals surface area contributed by atoms with Gasteiger partial charge in [0, 0.05) is 18.0 Å². The molecule has 0 aliphatic carbocycles. The lowest BCUT2D eigenvalue weighted by Gasteiger charge is -2.41. The van der Waals surface area contributed by atoms with Crippen LogP contribution in [-0.2, 0) is 0 Å². The summed E-state index contributed by atoms with van der Waals surface area (Å²) in [4.78, 5) is 16.2. The topological polar surface area (TPSA) is 46.9 Å². The lowest BCUT2D eigenvalue weighted by atomic mass is 9.82. The minimum atomic E-state index is -0.341. The van der Waals surface area contributed by atoms with Crippen LogP contribution in [0.4, 0.5) is 0 Å². The van der Waals surface area contributed by atoms with Crippen molar-refractivity contribution >= 4 is 5.91 Å². The quantitative estimate of drug-likeness (QED) is 0.830. The summed E-state index contributed by atoms with van der Waals surface area (Å²) in [6.45, 7) is 4.07. The molecule has 0 fully saturated rings. The third kappa shape index (κ3) is 1.53. The van der Waals surface area contributed by atoms with Gasteiger partial charge in [-0.25, -0.2) is 4.98 Å². The first-order chi connectivity index (χ1) is 8.59. The molecule has 2 aromatic rings. The largest absolute Gasteiger partial charge is 0.345 e. The molecule has 4 nitrogen and oxygen atoms in total. The Morgan fingerprint density at radius 3 is 2.83 bits per heavy atom. The summed E-state index contributed by atoms with van der Waals surface area (Å²) in [7, 11) is 0. The van der Waals surface area contributed by atoms with E-state index < -0.39 is 0 Å². The number of nitrogens with zero attached hydrogens (tertiary/aromatic N) is 2. The van der Waals surface area contributed by atoms with Gasteiger partial charge < -0.3 is 9.88 Å². The van der Waals surface area contributed by atoms with Gasteiger partial charge in [-0.1, -0.05) is 18.2 Å². The molecule has 1 atom stereocenters. The molecule has 1 aromatic heterocycles. The van der Waals surface area contributed by atoms with E-state index in [0.717, 1.165) is 11.1 Å². The number of aromatic nitrogens is 2. The minimum absolute atomic E-state index is 0.00744. The van der Waals surface area contributed by atoms with Crippen molar-refractivity contribution in [2.24, 2.45) is 0 Å². The van der Waals surface area contributed by atoms with Crippen LogP contribution in [0.3, 0.4) is 0 Å². The molecular weight excluding hydrogens is 226 g/mol. The smallest absolute Gasteiger partial charge is 0.252 e. The lowest BCUT2D eigenvalue weighted by molar-refractivity contribution is 0.0867. The number of imidazole rings is 1. The fraction of sp³-hybridized carbons (Fsp3) is 0.286. The molecule has 1 aromatic carbocycles. The molecule has 2 heterocycles. The van der Waals surface area contributed by atoms with E-state index >= 15 is 0 Å². The summed E-state index contributed by atoms with van der Waals surface area (Å²) >= 11 is 0. The summed E-state index contributed by atoms with van der Waals surface area (Å²) in [5.74, 6) is -0.00744. The van der Waals surface area contributed by atoms with Crippen molar-refractivity contribution < 1.29 is 4.79 Å². The van der Waals surface area contributed by atoms with Crippen LogP contribution in [0, 0.1) is 0 Å². The van der Waals surface area contributed by atoms with Gasteiger partial charge in [0.05, 0.1) is 17.9 Å². The highest BCUT2D eigenvalue weighted by molar-refractivity contribution is 5.97. The predicted molar refractivity (Wildman–Crippen MR) is 68.4 cm³/mol. The van der Waals surface area contributed by atoms with E-state index in [0.29, 0.717) is 0 Å².